The van der Waals surface area contributed by atoms with Gasteiger partial charge in [-0.25, -0.2) is 13.8 Å². The number of aryl methyl sites for hydroxylation is 1. The molecule has 10 nitrogen and oxygen atoms in total. The zero-order valence-electron chi connectivity index (χ0n) is 12.0. The lowest BCUT2D eigenvalue weighted by atomic mass is 9.99. The van der Waals surface area contributed by atoms with Gasteiger partial charge in [0, 0.05) is 11.8 Å². The molecule has 0 amide bonds. The zero-order valence-corrected chi connectivity index (χ0v) is 12.9. The molecule has 0 radical (unpaired) electrons. The maximum absolute atomic E-state index is 14.4. The van der Waals surface area contributed by atoms with Crippen molar-refractivity contribution in [3.05, 3.63) is 32.6 Å². The van der Waals surface area contributed by atoms with Crippen molar-refractivity contribution in [3.63, 3.8) is 0 Å². The van der Waals surface area contributed by atoms with Gasteiger partial charge in [0.05, 0.1) is 19.3 Å². The number of rotatable bonds is 4. The summed E-state index contributed by atoms with van der Waals surface area (Å²) in [6, 6.07) is -1.20. The SMILES string of the molecule is Cc1cn([C@@H]2CO[C@H](COP(=O)(O)O)[C@@H](O)[C@@H]2F)c(=O)[nH]c1=O. The summed E-state index contributed by atoms with van der Waals surface area (Å²) >= 11 is 0. The third kappa shape index (κ3) is 4.14. The van der Waals surface area contributed by atoms with Gasteiger partial charge in [-0.05, 0) is 6.92 Å². The van der Waals surface area contributed by atoms with Crippen LogP contribution in [0.15, 0.2) is 15.8 Å². The molecule has 0 aromatic carbocycles. The molecule has 130 valence electrons. The molecular formula is C11H16FN2O8P. The number of aromatic amines is 1. The van der Waals surface area contributed by atoms with E-state index in [1.165, 1.54) is 6.92 Å². The predicted octanol–water partition coefficient (Wildman–Crippen LogP) is -1.41. The Morgan fingerprint density at radius 2 is 2.17 bits per heavy atom. The molecule has 4 atom stereocenters. The topological polar surface area (TPSA) is 151 Å². The van der Waals surface area contributed by atoms with E-state index in [2.05, 4.69) is 4.52 Å². The molecule has 2 heterocycles. The highest BCUT2D eigenvalue weighted by Crippen LogP contribution is 2.37. The first-order valence-corrected chi connectivity index (χ1v) is 8.09. The Bertz CT molecular complexity index is 727. The second-order valence-electron chi connectivity index (χ2n) is 5.14. The highest BCUT2D eigenvalue weighted by Gasteiger charge is 2.42. The van der Waals surface area contributed by atoms with E-state index in [9.17, 15) is 23.7 Å². The Balaban J connectivity index is 2.17. The molecule has 1 aromatic heterocycles. The molecular weight excluding hydrogens is 338 g/mol. The summed E-state index contributed by atoms with van der Waals surface area (Å²) in [6.07, 6.45) is -3.87. The largest absolute Gasteiger partial charge is 0.469 e. The molecule has 0 bridgehead atoms. The van der Waals surface area contributed by atoms with E-state index in [1.54, 1.807) is 0 Å². The average molecular weight is 354 g/mol. The molecule has 4 N–H and O–H groups in total. The molecule has 0 saturated carbocycles. The molecule has 1 aliphatic rings. The van der Waals surface area contributed by atoms with Crippen LogP contribution in [0.25, 0.3) is 0 Å². The number of aliphatic hydroxyl groups is 1. The number of phosphoric acid groups is 1. The number of phosphoric ester groups is 1. The number of alkyl halides is 1. The van der Waals surface area contributed by atoms with Gasteiger partial charge in [-0.2, -0.15) is 0 Å². The minimum absolute atomic E-state index is 0.179. The molecule has 0 spiro atoms. The first-order chi connectivity index (χ1) is 10.6. The van der Waals surface area contributed by atoms with Gasteiger partial charge in [0.15, 0.2) is 6.17 Å². The van der Waals surface area contributed by atoms with Gasteiger partial charge < -0.3 is 19.6 Å². The van der Waals surface area contributed by atoms with E-state index in [1.807, 2.05) is 4.98 Å². The highest BCUT2D eigenvalue weighted by molar-refractivity contribution is 7.46. The highest BCUT2D eigenvalue weighted by atomic mass is 31.2. The van der Waals surface area contributed by atoms with Crippen LogP contribution in [-0.2, 0) is 13.8 Å². The number of aromatic nitrogens is 2. The van der Waals surface area contributed by atoms with Crippen molar-refractivity contribution in [2.75, 3.05) is 13.2 Å². The van der Waals surface area contributed by atoms with Gasteiger partial charge in [-0.3, -0.25) is 18.9 Å². The molecule has 23 heavy (non-hydrogen) atoms. The number of ether oxygens (including phenoxy) is 1. The number of nitrogens with one attached hydrogen (secondary N) is 1. The number of aliphatic hydroxyl groups excluding tert-OH is 1. The van der Waals surface area contributed by atoms with Gasteiger partial charge in [-0.15, -0.1) is 0 Å². The Hall–Kier alpha value is -1.36. The fourth-order valence-corrected chi connectivity index (χ4v) is 2.57. The van der Waals surface area contributed by atoms with Crippen LogP contribution in [0.5, 0.6) is 0 Å². The summed E-state index contributed by atoms with van der Waals surface area (Å²) in [4.78, 5) is 42.3. The van der Waals surface area contributed by atoms with Crippen LogP contribution in [0.4, 0.5) is 4.39 Å². The van der Waals surface area contributed by atoms with Crippen molar-refractivity contribution >= 4 is 7.82 Å². The Morgan fingerprint density at radius 3 is 2.78 bits per heavy atom. The number of H-pyrrole nitrogens is 1. The van der Waals surface area contributed by atoms with Gasteiger partial charge in [-0.1, -0.05) is 0 Å². The van der Waals surface area contributed by atoms with Crippen molar-refractivity contribution in [2.45, 2.75) is 31.3 Å². The summed E-state index contributed by atoms with van der Waals surface area (Å²) in [5.74, 6) is 0. The van der Waals surface area contributed by atoms with Crippen LogP contribution in [0.3, 0.4) is 0 Å². The molecule has 1 aliphatic heterocycles. The molecule has 0 aliphatic carbocycles. The second kappa shape index (κ2) is 6.63. The van der Waals surface area contributed by atoms with Crippen LogP contribution < -0.4 is 11.2 Å². The van der Waals surface area contributed by atoms with Crippen molar-refractivity contribution < 1.29 is 33.1 Å². The van der Waals surface area contributed by atoms with E-state index in [-0.39, 0.29) is 12.2 Å². The first-order valence-electron chi connectivity index (χ1n) is 6.56. The van der Waals surface area contributed by atoms with Crippen molar-refractivity contribution in [1.82, 2.24) is 9.55 Å². The maximum Gasteiger partial charge on any atom is 0.469 e. The fraction of sp³-hybridized carbons (Fsp3) is 0.636. The van der Waals surface area contributed by atoms with Gasteiger partial charge in [0.25, 0.3) is 5.56 Å². The summed E-state index contributed by atoms with van der Waals surface area (Å²) in [5, 5.41) is 9.86. The third-order valence-electron chi connectivity index (χ3n) is 3.47. The molecule has 1 fully saturated rings. The van der Waals surface area contributed by atoms with Gasteiger partial charge >= 0.3 is 13.5 Å². The van der Waals surface area contributed by atoms with Crippen LogP contribution in [0.1, 0.15) is 11.6 Å². The smallest absolute Gasteiger partial charge is 0.387 e. The maximum atomic E-state index is 14.4. The summed E-state index contributed by atoms with van der Waals surface area (Å²) in [5.41, 5.74) is -1.28. The van der Waals surface area contributed by atoms with Crippen LogP contribution in [0.2, 0.25) is 0 Å². The van der Waals surface area contributed by atoms with Crippen molar-refractivity contribution in [1.29, 1.82) is 0 Å². The fourth-order valence-electron chi connectivity index (χ4n) is 2.23. The number of hydrogen-bond donors (Lipinski definition) is 4. The van der Waals surface area contributed by atoms with Crippen molar-refractivity contribution in [2.24, 2.45) is 0 Å². The summed E-state index contributed by atoms with van der Waals surface area (Å²) < 4.78 is 35.2. The van der Waals surface area contributed by atoms with E-state index in [0.717, 1.165) is 10.8 Å². The standard InChI is InChI=1S/C11H16FN2O8P/c1-5-2-14(11(17)13-10(5)16)6-3-21-7(9(15)8(6)12)4-22-23(18,19)20/h2,6-9,15H,3-4H2,1H3,(H,13,16,17)(H2,18,19,20)/t6-,7-,8-,9-/m1/s1. The lowest BCUT2D eigenvalue weighted by Crippen LogP contribution is -2.52. The Morgan fingerprint density at radius 1 is 1.52 bits per heavy atom. The number of hydrogen-bond acceptors (Lipinski definition) is 6. The van der Waals surface area contributed by atoms with E-state index < -0.39 is 50.1 Å². The van der Waals surface area contributed by atoms with E-state index >= 15 is 0 Å². The number of nitrogens with zero attached hydrogens (tertiary/aromatic N) is 1. The van der Waals surface area contributed by atoms with Crippen LogP contribution >= 0.6 is 7.82 Å². The summed E-state index contributed by atoms with van der Waals surface area (Å²) in [7, 11) is -4.78. The van der Waals surface area contributed by atoms with E-state index in [0.29, 0.717) is 0 Å². The minimum Gasteiger partial charge on any atom is -0.387 e. The predicted molar refractivity (Wildman–Crippen MR) is 73.7 cm³/mol. The normalized spacial score (nSPS) is 28.7. The summed E-state index contributed by atoms with van der Waals surface area (Å²) in [6.45, 7) is 0.371. The second-order valence-corrected chi connectivity index (χ2v) is 6.38. The first kappa shape index (κ1) is 18.0. The lowest BCUT2D eigenvalue weighted by Gasteiger charge is -2.36. The zero-order chi connectivity index (χ0) is 17.4. The molecule has 1 aromatic rings. The van der Waals surface area contributed by atoms with E-state index in [4.69, 9.17) is 14.5 Å². The Labute approximate surface area is 128 Å². The molecule has 0 unspecified atom stereocenters. The third-order valence-corrected chi connectivity index (χ3v) is 3.95. The Kier molecular flexibility index (Phi) is 5.19. The monoisotopic (exact) mass is 354 g/mol. The number of halogens is 1. The van der Waals surface area contributed by atoms with Gasteiger partial charge in [0.2, 0.25) is 0 Å². The molecule has 12 heteroatoms. The van der Waals surface area contributed by atoms with Crippen molar-refractivity contribution in [3.8, 4) is 0 Å². The van der Waals surface area contributed by atoms with Crippen LogP contribution in [-0.4, -0.2) is 56.0 Å². The average Bonchev–Trinajstić information content (AvgIpc) is 2.44. The van der Waals surface area contributed by atoms with Gasteiger partial charge in [0.1, 0.15) is 12.2 Å². The van der Waals surface area contributed by atoms with Crippen LogP contribution in [0, 0.1) is 6.92 Å². The lowest BCUT2D eigenvalue weighted by molar-refractivity contribution is -0.148. The molecule has 2 rings (SSSR count). The molecule has 1 saturated heterocycles. The minimum atomic E-state index is -4.78. The quantitative estimate of drug-likeness (QED) is 0.482.